The molecule has 0 radical (unpaired) electrons. The van der Waals surface area contributed by atoms with Crippen LogP contribution in [0.3, 0.4) is 0 Å². The van der Waals surface area contributed by atoms with Crippen LogP contribution in [0.4, 0.5) is 15.8 Å². The maximum absolute atomic E-state index is 12.9. The Morgan fingerprint density at radius 3 is 2.70 bits per heavy atom. The summed E-state index contributed by atoms with van der Waals surface area (Å²) in [6, 6.07) is 11.2. The van der Waals surface area contributed by atoms with Crippen LogP contribution < -0.4 is 15.4 Å². The molecule has 102 valence electrons. The zero-order chi connectivity index (χ0) is 14.1. The van der Waals surface area contributed by atoms with Crippen molar-refractivity contribution in [2.75, 3.05) is 17.2 Å². The summed E-state index contributed by atoms with van der Waals surface area (Å²) in [5.41, 5.74) is 7.81. The molecule has 0 saturated carbocycles. The van der Waals surface area contributed by atoms with Gasteiger partial charge in [-0.05, 0) is 35.9 Å². The van der Waals surface area contributed by atoms with Crippen LogP contribution in [-0.2, 0) is 11.3 Å². The first-order valence-corrected chi connectivity index (χ1v) is 6.20. The van der Waals surface area contributed by atoms with E-state index in [1.165, 1.54) is 12.1 Å². The lowest BCUT2D eigenvalue weighted by Gasteiger charge is -2.29. The van der Waals surface area contributed by atoms with Gasteiger partial charge in [-0.25, -0.2) is 4.39 Å². The summed E-state index contributed by atoms with van der Waals surface area (Å²) in [5, 5.41) is 0. The summed E-state index contributed by atoms with van der Waals surface area (Å²) in [7, 11) is 0. The quantitative estimate of drug-likeness (QED) is 0.854. The molecule has 20 heavy (non-hydrogen) atoms. The van der Waals surface area contributed by atoms with Gasteiger partial charge < -0.3 is 15.4 Å². The highest BCUT2D eigenvalue weighted by atomic mass is 19.1. The fraction of sp³-hybridized carbons (Fsp3) is 0.133. The molecule has 3 rings (SSSR count). The van der Waals surface area contributed by atoms with Crippen LogP contribution in [0.15, 0.2) is 42.5 Å². The number of nitrogens with zero attached hydrogens (tertiary/aromatic N) is 1. The minimum atomic E-state index is -0.299. The second kappa shape index (κ2) is 4.85. The number of anilines is 2. The molecule has 1 aliphatic heterocycles. The lowest BCUT2D eigenvalue weighted by molar-refractivity contribution is -0.121. The van der Waals surface area contributed by atoms with Crippen molar-refractivity contribution in [2.24, 2.45) is 0 Å². The molecule has 0 unspecified atom stereocenters. The number of fused-ring (bicyclic) bond motifs is 1. The molecule has 0 aromatic heterocycles. The van der Waals surface area contributed by atoms with Crippen LogP contribution in [0.1, 0.15) is 5.56 Å². The SMILES string of the molecule is Nc1ccc2c(c1)N(Cc1ccc(F)cc1)C(=O)CO2. The van der Waals surface area contributed by atoms with E-state index in [-0.39, 0.29) is 18.3 Å². The molecule has 1 heterocycles. The minimum absolute atomic E-state index is 0.00187. The number of amides is 1. The molecule has 5 heteroatoms. The van der Waals surface area contributed by atoms with Gasteiger partial charge in [-0.3, -0.25) is 4.79 Å². The third-order valence-corrected chi connectivity index (χ3v) is 3.18. The minimum Gasteiger partial charge on any atom is -0.482 e. The standard InChI is InChI=1S/C15H13FN2O2/c16-11-3-1-10(2-4-11)8-18-13-7-12(17)5-6-14(13)20-9-15(18)19/h1-7H,8-9,17H2. The first-order valence-electron chi connectivity index (χ1n) is 6.20. The number of carbonyl (C=O) groups is 1. The smallest absolute Gasteiger partial charge is 0.265 e. The molecule has 4 nitrogen and oxygen atoms in total. The fourth-order valence-corrected chi connectivity index (χ4v) is 2.16. The topological polar surface area (TPSA) is 55.6 Å². The van der Waals surface area contributed by atoms with Crippen molar-refractivity contribution in [1.29, 1.82) is 0 Å². The number of nitrogens with two attached hydrogens (primary N) is 1. The Labute approximate surface area is 115 Å². The summed E-state index contributed by atoms with van der Waals surface area (Å²) in [5.74, 6) is 0.181. The molecular formula is C15H13FN2O2. The first-order chi connectivity index (χ1) is 9.63. The maximum atomic E-state index is 12.9. The molecule has 2 N–H and O–H groups in total. The molecule has 1 amide bonds. The highest BCUT2D eigenvalue weighted by molar-refractivity contribution is 5.98. The van der Waals surface area contributed by atoms with Gasteiger partial charge in [0, 0.05) is 5.69 Å². The molecule has 0 aliphatic carbocycles. The molecular weight excluding hydrogens is 259 g/mol. The van der Waals surface area contributed by atoms with Crippen LogP contribution in [0.2, 0.25) is 0 Å². The van der Waals surface area contributed by atoms with Crippen LogP contribution in [-0.4, -0.2) is 12.5 Å². The summed E-state index contributed by atoms with van der Waals surface area (Å²) in [6.45, 7) is 0.358. The third-order valence-electron chi connectivity index (χ3n) is 3.18. The Balaban J connectivity index is 1.94. The van der Waals surface area contributed by atoms with E-state index in [9.17, 15) is 9.18 Å². The number of carbonyl (C=O) groups excluding carboxylic acids is 1. The van der Waals surface area contributed by atoms with E-state index >= 15 is 0 Å². The molecule has 2 aromatic carbocycles. The van der Waals surface area contributed by atoms with Crippen LogP contribution in [0.5, 0.6) is 5.75 Å². The van der Waals surface area contributed by atoms with Gasteiger partial charge in [0.15, 0.2) is 6.61 Å². The average Bonchev–Trinajstić information content (AvgIpc) is 2.44. The van der Waals surface area contributed by atoms with Gasteiger partial charge in [0.05, 0.1) is 12.2 Å². The monoisotopic (exact) mass is 272 g/mol. The molecule has 1 aliphatic rings. The third kappa shape index (κ3) is 2.30. The lowest BCUT2D eigenvalue weighted by atomic mass is 10.1. The predicted octanol–water partition coefficient (Wildman–Crippen LogP) is 2.33. The van der Waals surface area contributed by atoms with Crippen LogP contribution in [0.25, 0.3) is 0 Å². The van der Waals surface area contributed by atoms with Crippen molar-refractivity contribution >= 4 is 17.3 Å². The van der Waals surface area contributed by atoms with Gasteiger partial charge in [0.1, 0.15) is 11.6 Å². The molecule has 0 fully saturated rings. The van der Waals surface area contributed by atoms with Gasteiger partial charge in [-0.2, -0.15) is 0 Å². The average molecular weight is 272 g/mol. The number of halogens is 1. The molecule has 0 spiro atoms. The van der Waals surface area contributed by atoms with Crippen molar-refractivity contribution in [3.63, 3.8) is 0 Å². The van der Waals surface area contributed by atoms with E-state index in [1.807, 2.05) is 0 Å². The number of nitrogen functional groups attached to an aromatic ring is 1. The summed E-state index contributed by atoms with van der Waals surface area (Å²) in [4.78, 5) is 13.6. The molecule has 0 atom stereocenters. The van der Waals surface area contributed by atoms with Gasteiger partial charge >= 0.3 is 0 Å². The van der Waals surface area contributed by atoms with Crippen molar-refractivity contribution in [2.45, 2.75) is 6.54 Å². The normalized spacial score (nSPS) is 13.8. The van der Waals surface area contributed by atoms with Crippen molar-refractivity contribution < 1.29 is 13.9 Å². The van der Waals surface area contributed by atoms with Gasteiger partial charge in [-0.1, -0.05) is 12.1 Å². The van der Waals surface area contributed by atoms with Gasteiger partial charge in [0.25, 0.3) is 5.91 Å². The maximum Gasteiger partial charge on any atom is 0.265 e. The second-order valence-electron chi connectivity index (χ2n) is 4.62. The molecule has 2 aromatic rings. The Kier molecular flexibility index (Phi) is 3.02. The predicted molar refractivity (Wildman–Crippen MR) is 73.9 cm³/mol. The highest BCUT2D eigenvalue weighted by Crippen LogP contribution is 2.34. The largest absolute Gasteiger partial charge is 0.482 e. The van der Waals surface area contributed by atoms with E-state index in [0.29, 0.717) is 23.7 Å². The number of rotatable bonds is 2. The Hall–Kier alpha value is -2.56. The lowest BCUT2D eigenvalue weighted by Crippen LogP contribution is -2.38. The Morgan fingerprint density at radius 2 is 1.95 bits per heavy atom. The van der Waals surface area contributed by atoms with Crippen molar-refractivity contribution in [1.82, 2.24) is 0 Å². The second-order valence-corrected chi connectivity index (χ2v) is 4.62. The first kappa shape index (κ1) is 12.5. The van der Waals surface area contributed by atoms with E-state index in [2.05, 4.69) is 0 Å². The Morgan fingerprint density at radius 1 is 1.20 bits per heavy atom. The van der Waals surface area contributed by atoms with Gasteiger partial charge in [0.2, 0.25) is 0 Å². The zero-order valence-corrected chi connectivity index (χ0v) is 10.7. The summed E-state index contributed by atoms with van der Waals surface area (Å²) < 4.78 is 18.3. The summed E-state index contributed by atoms with van der Waals surface area (Å²) >= 11 is 0. The molecule has 0 bridgehead atoms. The van der Waals surface area contributed by atoms with E-state index in [0.717, 1.165) is 5.56 Å². The van der Waals surface area contributed by atoms with E-state index < -0.39 is 0 Å². The highest BCUT2D eigenvalue weighted by Gasteiger charge is 2.25. The van der Waals surface area contributed by atoms with Crippen molar-refractivity contribution in [3.05, 3.63) is 53.8 Å². The number of ether oxygens (including phenoxy) is 1. The zero-order valence-electron chi connectivity index (χ0n) is 10.7. The number of hydrogen-bond donors (Lipinski definition) is 1. The van der Waals surface area contributed by atoms with Gasteiger partial charge in [-0.15, -0.1) is 0 Å². The summed E-state index contributed by atoms with van der Waals surface area (Å²) in [6.07, 6.45) is 0. The Bertz CT molecular complexity index is 655. The van der Waals surface area contributed by atoms with Crippen LogP contribution in [0, 0.1) is 5.82 Å². The van der Waals surface area contributed by atoms with Crippen LogP contribution >= 0.6 is 0 Å². The van der Waals surface area contributed by atoms with Crippen molar-refractivity contribution in [3.8, 4) is 5.75 Å². The number of benzene rings is 2. The molecule has 0 saturated heterocycles. The van der Waals surface area contributed by atoms with E-state index in [4.69, 9.17) is 10.5 Å². The van der Waals surface area contributed by atoms with E-state index in [1.54, 1.807) is 35.2 Å². The number of hydrogen-bond acceptors (Lipinski definition) is 3. The fourth-order valence-electron chi connectivity index (χ4n) is 2.16.